The molecule has 1 heterocycles. The van der Waals surface area contributed by atoms with Crippen LogP contribution in [0.2, 0.25) is 0 Å². The molecule has 0 atom stereocenters. The maximum atomic E-state index is 11.8. The highest BCUT2D eigenvalue weighted by molar-refractivity contribution is 5.76. The van der Waals surface area contributed by atoms with Crippen LogP contribution in [-0.4, -0.2) is 44.1 Å². The summed E-state index contributed by atoms with van der Waals surface area (Å²) in [6, 6.07) is 8.09. The van der Waals surface area contributed by atoms with Crippen molar-refractivity contribution in [3.63, 3.8) is 0 Å². The molecule has 0 saturated carbocycles. The van der Waals surface area contributed by atoms with Crippen LogP contribution in [0.3, 0.4) is 0 Å². The van der Waals surface area contributed by atoms with E-state index < -0.39 is 0 Å². The summed E-state index contributed by atoms with van der Waals surface area (Å²) in [6.45, 7) is 5.46. The summed E-state index contributed by atoms with van der Waals surface area (Å²) >= 11 is 0. The van der Waals surface area contributed by atoms with E-state index in [-0.39, 0.29) is 5.91 Å². The number of benzene rings is 1. The van der Waals surface area contributed by atoms with Gasteiger partial charge >= 0.3 is 0 Å². The van der Waals surface area contributed by atoms with Gasteiger partial charge in [0.2, 0.25) is 5.91 Å². The van der Waals surface area contributed by atoms with E-state index in [1.54, 1.807) is 7.11 Å². The second kappa shape index (κ2) is 6.45. The Bertz CT molecular complexity index is 426. The molecule has 104 valence electrons. The fourth-order valence-corrected chi connectivity index (χ4v) is 2.39. The van der Waals surface area contributed by atoms with Gasteiger partial charge in [0, 0.05) is 44.4 Å². The van der Waals surface area contributed by atoms with E-state index in [1.807, 2.05) is 30.0 Å². The molecule has 0 aromatic heterocycles. The minimum Gasteiger partial charge on any atom is -0.497 e. The molecular formula is C15H22N2O2. The smallest absolute Gasteiger partial charge is 0.222 e. The number of hydrogen-bond donors (Lipinski definition) is 0. The molecule has 1 amide bonds. The molecular weight excluding hydrogens is 240 g/mol. The highest BCUT2D eigenvalue weighted by Gasteiger charge is 2.20. The molecule has 4 nitrogen and oxygen atoms in total. The van der Waals surface area contributed by atoms with Crippen molar-refractivity contribution < 1.29 is 9.53 Å². The Balaban J connectivity index is 1.94. The lowest BCUT2D eigenvalue weighted by molar-refractivity contribution is -0.131. The molecule has 1 aliphatic heterocycles. The van der Waals surface area contributed by atoms with Gasteiger partial charge < -0.3 is 14.5 Å². The number of carbonyl (C=O) groups excluding carboxylic acids is 1. The number of methoxy groups -OCH3 is 1. The van der Waals surface area contributed by atoms with Crippen LogP contribution >= 0.6 is 0 Å². The lowest BCUT2D eigenvalue weighted by Gasteiger charge is -2.36. The van der Waals surface area contributed by atoms with Gasteiger partial charge in [-0.05, 0) is 18.6 Å². The molecule has 0 aliphatic carbocycles. The van der Waals surface area contributed by atoms with Gasteiger partial charge in [0.05, 0.1) is 7.11 Å². The van der Waals surface area contributed by atoms with Crippen molar-refractivity contribution in [2.24, 2.45) is 0 Å². The Morgan fingerprint density at radius 1 is 1.26 bits per heavy atom. The third-order valence-corrected chi connectivity index (χ3v) is 3.51. The Hall–Kier alpha value is -1.71. The molecule has 0 radical (unpaired) electrons. The molecule has 0 N–H and O–H groups in total. The largest absolute Gasteiger partial charge is 0.497 e. The van der Waals surface area contributed by atoms with Gasteiger partial charge in [-0.3, -0.25) is 4.79 Å². The molecule has 1 fully saturated rings. The van der Waals surface area contributed by atoms with Gasteiger partial charge in [-0.15, -0.1) is 0 Å². The van der Waals surface area contributed by atoms with Gasteiger partial charge in [-0.1, -0.05) is 13.0 Å². The number of carbonyl (C=O) groups is 1. The predicted octanol–water partition coefficient (Wildman–Crippen LogP) is 2.14. The molecule has 19 heavy (non-hydrogen) atoms. The summed E-state index contributed by atoms with van der Waals surface area (Å²) in [5.41, 5.74) is 1.17. The summed E-state index contributed by atoms with van der Waals surface area (Å²) in [7, 11) is 1.68. The quantitative estimate of drug-likeness (QED) is 0.833. The van der Waals surface area contributed by atoms with Crippen molar-refractivity contribution in [2.75, 3.05) is 38.2 Å². The SMILES string of the molecule is CCCC(=O)N1CCN(c2cccc(OC)c2)CC1. The molecule has 1 aromatic rings. The summed E-state index contributed by atoms with van der Waals surface area (Å²) < 4.78 is 5.25. The number of anilines is 1. The van der Waals surface area contributed by atoms with Crippen molar-refractivity contribution in [2.45, 2.75) is 19.8 Å². The summed E-state index contributed by atoms with van der Waals surface area (Å²) in [5.74, 6) is 1.16. The molecule has 1 aliphatic rings. The van der Waals surface area contributed by atoms with Crippen molar-refractivity contribution in [3.8, 4) is 5.75 Å². The Morgan fingerprint density at radius 3 is 2.63 bits per heavy atom. The topological polar surface area (TPSA) is 32.8 Å². The Labute approximate surface area is 115 Å². The molecule has 1 saturated heterocycles. The van der Waals surface area contributed by atoms with E-state index in [0.717, 1.165) is 38.3 Å². The third kappa shape index (κ3) is 3.40. The number of ether oxygens (including phenoxy) is 1. The standard InChI is InChI=1S/C15H22N2O2/c1-3-5-15(18)17-10-8-16(9-11-17)13-6-4-7-14(12-13)19-2/h4,6-7,12H,3,5,8-11H2,1-2H3. The van der Waals surface area contributed by atoms with Gasteiger partial charge in [0.1, 0.15) is 5.75 Å². The van der Waals surface area contributed by atoms with Crippen molar-refractivity contribution >= 4 is 11.6 Å². The first kappa shape index (κ1) is 13.7. The van der Waals surface area contributed by atoms with E-state index in [0.29, 0.717) is 6.42 Å². The molecule has 0 unspecified atom stereocenters. The summed E-state index contributed by atoms with van der Waals surface area (Å²) in [4.78, 5) is 16.1. The average molecular weight is 262 g/mol. The van der Waals surface area contributed by atoms with Crippen LogP contribution in [0.5, 0.6) is 5.75 Å². The minimum absolute atomic E-state index is 0.285. The van der Waals surface area contributed by atoms with Crippen LogP contribution < -0.4 is 9.64 Å². The first-order chi connectivity index (χ1) is 9.24. The van der Waals surface area contributed by atoms with Gasteiger partial charge in [-0.25, -0.2) is 0 Å². The monoisotopic (exact) mass is 262 g/mol. The highest BCUT2D eigenvalue weighted by atomic mass is 16.5. The van der Waals surface area contributed by atoms with Gasteiger partial charge in [0.15, 0.2) is 0 Å². The van der Waals surface area contributed by atoms with E-state index in [9.17, 15) is 4.79 Å². The normalized spacial score (nSPS) is 15.5. The molecule has 4 heteroatoms. The number of hydrogen-bond acceptors (Lipinski definition) is 3. The minimum atomic E-state index is 0.285. The van der Waals surface area contributed by atoms with Crippen LogP contribution in [0.4, 0.5) is 5.69 Å². The average Bonchev–Trinajstić information content (AvgIpc) is 2.48. The van der Waals surface area contributed by atoms with E-state index in [4.69, 9.17) is 4.74 Å². The zero-order valence-electron chi connectivity index (χ0n) is 11.8. The first-order valence-electron chi connectivity index (χ1n) is 6.91. The Morgan fingerprint density at radius 2 is 2.00 bits per heavy atom. The van der Waals surface area contributed by atoms with Crippen LogP contribution in [-0.2, 0) is 4.79 Å². The van der Waals surface area contributed by atoms with Crippen molar-refractivity contribution in [1.82, 2.24) is 4.90 Å². The van der Waals surface area contributed by atoms with E-state index >= 15 is 0 Å². The second-order valence-corrected chi connectivity index (χ2v) is 4.82. The van der Waals surface area contributed by atoms with Crippen molar-refractivity contribution in [1.29, 1.82) is 0 Å². The third-order valence-electron chi connectivity index (χ3n) is 3.51. The Kier molecular flexibility index (Phi) is 4.66. The fourth-order valence-electron chi connectivity index (χ4n) is 2.39. The molecule has 0 spiro atoms. The number of piperazine rings is 1. The zero-order valence-corrected chi connectivity index (χ0v) is 11.8. The molecule has 1 aromatic carbocycles. The maximum absolute atomic E-state index is 11.8. The van der Waals surface area contributed by atoms with E-state index in [1.165, 1.54) is 5.69 Å². The lowest BCUT2D eigenvalue weighted by Crippen LogP contribution is -2.48. The summed E-state index contributed by atoms with van der Waals surface area (Å²) in [6.07, 6.45) is 1.59. The van der Waals surface area contributed by atoms with Crippen LogP contribution in [0.15, 0.2) is 24.3 Å². The van der Waals surface area contributed by atoms with Gasteiger partial charge in [0.25, 0.3) is 0 Å². The lowest BCUT2D eigenvalue weighted by atomic mass is 10.2. The zero-order chi connectivity index (χ0) is 13.7. The van der Waals surface area contributed by atoms with E-state index in [2.05, 4.69) is 11.0 Å². The summed E-state index contributed by atoms with van der Waals surface area (Å²) in [5, 5.41) is 0. The highest BCUT2D eigenvalue weighted by Crippen LogP contribution is 2.22. The number of nitrogens with zero attached hydrogens (tertiary/aromatic N) is 2. The molecule has 0 bridgehead atoms. The van der Waals surface area contributed by atoms with Crippen LogP contribution in [0.25, 0.3) is 0 Å². The maximum Gasteiger partial charge on any atom is 0.222 e. The van der Waals surface area contributed by atoms with Gasteiger partial charge in [-0.2, -0.15) is 0 Å². The first-order valence-corrected chi connectivity index (χ1v) is 6.91. The second-order valence-electron chi connectivity index (χ2n) is 4.82. The predicted molar refractivity (Wildman–Crippen MR) is 76.7 cm³/mol. The number of rotatable bonds is 4. The number of amides is 1. The van der Waals surface area contributed by atoms with Crippen LogP contribution in [0.1, 0.15) is 19.8 Å². The van der Waals surface area contributed by atoms with Crippen LogP contribution in [0, 0.1) is 0 Å². The molecule has 2 rings (SSSR count). The van der Waals surface area contributed by atoms with Crippen molar-refractivity contribution in [3.05, 3.63) is 24.3 Å². The fraction of sp³-hybridized carbons (Fsp3) is 0.533.